The van der Waals surface area contributed by atoms with Gasteiger partial charge in [-0.25, -0.2) is 8.78 Å². The maximum Gasteiger partial charge on any atom is 0.313 e. The van der Waals surface area contributed by atoms with Crippen molar-refractivity contribution >= 4 is 17.5 Å². The van der Waals surface area contributed by atoms with Gasteiger partial charge in [0.25, 0.3) is 0 Å². The molecule has 2 aromatic rings. The first-order valence-electron chi connectivity index (χ1n) is 7.70. The summed E-state index contributed by atoms with van der Waals surface area (Å²) in [4.78, 5) is 23.8. The molecule has 1 saturated carbocycles. The van der Waals surface area contributed by atoms with Crippen LogP contribution in [0.4, 0.5) is 14.5 Å². The quantitative estimate of drug-likeness (QED) is 0.836. The van der Waals surface area contributed by atoms with Gasteiger partial charge in [-0.05, 0) is 30.2 Å². The lowest BCUT2D eigenvalue weighted by molar-refractivity contribution is -0.136. The van der Waals surface area contributed by atoms with Crippen molar-refractivity contribution in [2.45, 2.75) is 18.4 Å². The van der Waals surface area contributed by atoms with Crippen molar-refractivity contribution in [2.24, 2.45) is 0 Å². The maximum atomic E-state index is 13.5. The van der Waals surface area contributed by atoms with Crippen LogP contribution in [0, 0.1) is 11.6 Å². The molecule has 3 rings (SSSR count). The highest BCUT2D eigenvalue weighted by atomic mass is 19.2. The highest BCUT2D eigenvalue weighted by molar-refractivity contribution is 6.39. The average Bonchev–Trinajstić information content (AvgIpc) is 3.37. The van der Waals surface area contributed by atoms with Crippen LogP contribution in [-0.2, 0) is 9.59 Å². The molecule has 0 radical (unpaired) electrons. The number of hydrogen-bond acceptors (Lipinski definition) is 3. The Labute approximate surface area is 143 Å². The topological polar surface area (TPSA) is 67.4 Å². The molecule has 2 N–H and O–H groups in total. The molecule has 1 aliphatic carbocycles. The second-order valence-electron chi connectivity index (χ2n) is 5.72. The van der Waals surface area contributed by atoms with Gasteiger partial charge in [0.2, 0.25) is 0 Å². The summed E-state index contributed by atoms with van der Waals surface area (Å²) in [5.41, 5.74) is 0.573. The van der Waals surface area contributed by atoms with E-state index in [-0.39, 0.29) is 17.6 Å². The molecule has 2 atom stereocenters. The van der Waals surface area contributed by atoms with E-state index in [9.17, 15) is 18.4 Å². The lowest BCUT2D eigenvalue weighted by Crippen LogP contribution is -2.37. The van der Waals surface area contributed by atoms with Crippen LogP contribution in [-0.4, -0.2) is 25.0 Å². The van der Waals surface area contributed by atoms with Crippen LogP contribution >= 0.6 is 0 Å². The third-order valence-corrected chi connectivity index (χ3v) is 4.05. The standard InChI is InChI=1S/C18H16F2N2O3/c1-25-15-8-3-2-5-10(15)11-9-14(11)22-18(24)17(23)21-13-7-4-6-12(19)16(13)20/h2-8,11,14H,9H2,1H3,(H,21,23)(H,22,24)/t11-,14-/m1/s1. The molecular formula is C18H16F2N2O3. The van der Waals surface area contributed by atoms with Crippen LogP contribution in [0.15, 0.2) is 42.5 Å². The Morgan fingerprint density at radius 2 is 1.84 bits per heavy atom. The first-order chi connectivity index (χ1) is 12.0. The number of carbonyl (C=O) groups is 2. The highest BCUT2D eigenvalue weighted by Crippen LogP contribution is 2.44. The minimum atomic E-state index is -1.21. The first kappa shape index (κ1) is 16.9. The summed E-state index contributed by atoms with van der Waals surface area (Å²) in [6, 6.07) is 10.6. The van der Waals surface area contributed by atoms with Gasteiger partial charge in [0.05, 0.1) is 12.8 Å². The maximum absolute atomic E-state index is 13.5. The van der Waals surface area contributed by atoms with Gasteiger partial charge < -0.3 is 15.4 Å². The van der Waals surface area contributed by atoms with Crippen molar-refractivity contribution in [1.29, 1.82) is 0 Å². The molecule has 0 aliphatic heterocycles. The van der Waals surface area contributed by atoms with Crippen LogP contribution < -0.4 is 15.4 Å². The molecule has 0 aromatic heterocycles. The van der Waals surface area contributed by atoms with Crippen molar-refractivity contribution in [1.82, 2.24) is 5.32 Å². The van der Waals surface area contributed by atoms with E-state index in [0.717, 1.165) is 17.4 Å². The second-order valence-corrected chi connectivity index (χ2v) is 5.72. The Morgan fingerprint density at radius 3 is 2.60 bits per heavy atom. The number of benzene rings is 2. The van der Waals surface area contributed by atoms with E-state index in [1.54, 1.807) is 7.11 Å². The van der Waals surface area contributed by atoms with Gasteiger partial charge in [0.1, 0.15) is 5.75 Å². The number of para-hydroxylation sites is 1. The molecule has 0 spiro atoms. The number of hydrogen-bond donors (Lipinski definition) is 2. The van der Waals surface area contributed by atoms with Gasteiger partial charge in [0, 0.05) is 12.0 Å². The Kier molecular flexibility index (Phi) is 4.65. The first-order valence-corrected chi connectivity index (χ1v) is 7.70. The Bertz CT molecular complexity index is 826. The number of rotatable bonds is 4. The summed E-state index contributed by atoms with van der Waals surface area (Å²) in [5, 5.41) is 4.66. The van der Waals surface area contributed by atoms with Crippen molar-refractivity contribution in [3.05, 3.63) is 59.7 Å². The van der Waals surface area contributed by atoms with Crippen LogP contribution in [0.25, 0.3) is 0 Å². The lowest BCUT2D eigenvalue weighted by atomic mass is 10.1. The average molecular weight is 346 g/mol. The molecule has 5 nitrogen and oxygen atoms in total. The molecule has 0 unspecified atom stereocenters. The fraction of sp³-hybridized carbons (Fsp3) is 0.222. The van der Waals surface area contributed by atoms with Gasteiger partial charge in [-0.3, -0.25) is 9.59 Å². The normalized spacial score (nSPS) is 18.4. The van der Waals surface area contributed by atoms with E-state index in [1.165, 1.54) is 12.1 Å². The van der Waals surface area contributed by atoms with Gasteiger partial charge in [-0.15, -0.1) is 0 Å². The van der Waals surface area contributed by atoms with Crippen LogP contribution in [0.1, 0.15) is 17.9 Å². The molecule has 1 aliphatic rings. The van der Waals surface area contributed by atoms with Gasteiger partial charge in [0.15, 0.2) is 11.6 Å². The van der Waals surface area contributed by atoms with E-state index in [1.807, 2.05) is 24.3 Å². The van der Waals surface area contributed by atoms with Crippen LogP contribution in [0.5, 0.6) is 5.75 Å². The predicted octanol–water partition coefficient (Wildman–Crippen LogP) is 2.58. The third kappa shape index (κ3) is 3.60. The van der Waals surface area contributed by atoms with Crippen molar-refractivity contribution in [3.63, 3.8) is 0 Å². The van der Waals surface area contributed by atoms with E-state index in [4.69, 9.17) is 4.74 Å². The zero-order chi connectivity index (χ0) is 18.0. The molecule has 0 saturated heterocycles. The smallest absolute Gasteiger partial charge is 0.313 e. The molecule has 1 fully saturated rings. The predicted molar refractivity (Wildman–Crippen MR) is 87.3 cm³/mol. The number of nitrogens with one attached hydrogen (secondary N) is 2. The molecule has 7 heteroatoms. The third-order valence-electron chi connectivity index (χ3n) is 4.05. The summed E-state index contributed by atoms with van der Waals surface area (Å²) in [6.45, 7) is 0. The van der Waals surface area contributed by atoms with E-state index < -0.39 is 23.4 Å². The molecule has 130 valence electrons. The zero-order valence-corrected chi connectivity index (χ0v) is 13.4. The fourth-order valence-corrected chi connectivity index (χ4v) is 2.68. The van der Waals surface area contributed by atoms with Crippen molar-refractivity contribution in [2.75, 3.05) is 12.4 Å². The molecule has 0 bridgehead atoms. The summed E-state index contributed by atoms with van der Waals surface area (Å²) < 4.78 is 31.9. The largest absolute Gasteiger partial charge is 0.496 e. The zero-order valence-electron chi connectivity index (χ0n) is 13.4. The number of ether oxygens (including phenoxy) is 1. The molecule has 2 aromatic carbocycles. The monoisotopic (exact) mass is 346 g/mol. The lowest BCUT2D eigenvalue weighted by Gasteiger charge is -2.09. The number of amides is 2. The Hall–Kier alpha value is -2.96. The molecule has 2 amide bonds. The summed E-state index contributed by atoms with van der Waals surface area (Å²) in [6.07, 6.45) is 0.674. The Balaban J connectivity index is 1.60. The molecule has 25 heavy (non-hydrogen) atoms. The van der Waals surface area contributed by atoms with E-state index in [0.29, 0.717) is 6.42 Å². The van der Waals surface area contributed by atoms with Crippen molar-refractivity contribution in [3.8, 4) is 5.75 Å². The number of halogens is 2. The van der Waals surface area contributed by atoms with E-state index in [2.05, 4.69) is 10.6 Å². The highest BCUT2D eigenvalue weighted by Gasteiger charge is 2.42. The summed E-state index contributed by atoms with van der Waals surface area (Å²) in [7, 11) is 1.57. The van der Waals surface area contributed by atoms with Gasteiger partial charge >= 0.3 is 11.8 Å². The molecule has 0 heterocycles. The van der Waals surface area contributed by atoms with Crippen LogP contribution in [0.2, 0.25) is 0 Å². The Morgan fingerprint density at radius 1 is 1.08 bits per heavy atom. The minimum Gasteiger partial charge on any atom is -0.496 e. The van der Waals surface area contributed by atoms with E-state index >= 15 is 0 Å². The number of methoxy groups -OCH3 is 1. The fourth-order valence-electron chi connectivity index (χ4n) is 2.68. The number of anilines is 1. The van der Waals surface area contributed by atoms with Crippen LogP contribution in [0.3, 0.4) is 0 Å². The molecular weight excluding hydrogens is 330 g/mol. The van der Waals surface area contributed by atoms with Crippen molar-refractivity contribution < 1.29 is 23.1 Å². The number of carbonyl (C=O) groups excluding carboxylic acids is 2. The second kappa shape index (κ2) is 6.88. The minimum absolute atomic E-state index is 0.0544. The summed E-state index contributed by atoms with van der Waals surface area (Å²) in [5.74, 6) is -3.48. The van der Waals surface area contributed by atoms with Gasteiger partial charge in [-0.1, -0.05) is 24.3 Å². The SMILES string of the molecule is COc1ccccc1[C@H]1C[C@H]1NC(=O)C(=O)Nc1cccc(F)c1F. The summed E-state index contributed by atoms with van der Waals surface area (Å²) >= 11 is 0. The van der Waals surface area contributed by atoms with Gasteiger partial charge in [-0.2, -0.15) is 0 Å².